The lowest BCUT2D eigenvalue weighted by Gasteiger charge is -2.08. The molecule has 0 saturated heterocycles. The van der Waals surface area contributed by atoms with Crippen LogP contribution in [0, 0.1) is 6.92 Å². The van der Waals surface area contributed by atoms with Crippen LogP contribution in [0.5, 0.6) is 0 Å². The molecule has 1 nitrogen and oxygen atoms in total. The van der Waals surface area contributed by atoms with Gasteiger partial charge >= 0.3 is 0 Å². The number of rotatable bonds is 1. The van der Waals surface area contributed by atoms with Crippen LogP contribution in [0.4, 0.5) is 0 Å². The van der Waals surface area contributed by atoms with Crippen molar-refractivity contribution >= 4 is 34.8 Å². The first-order valence-electron chi connectivity index (χ1n) is 4.33. The van der Waals surface area contributed by atoms with Crippen molar-refractivity contribution in [2.45, 2.75) is 6.92 Å². The summed E-state index contributed by atoms with van der Waals surface area (Å²) in [7, 11) is -1.54. The highest BCUT2D eigenvalue weighted by Crippen LogP contribution is 2.37. The molecule has 0 aliphatic carbocycles. The second kappa shape index (κ2) is 3.86. The van der Waals surface area contributed by atoms with Crippen LogP contribution in [0.15, 0.2) is 36.4 Å². The minimum atomic E-state index is -1.54. The van der Waals surface area contributed by atoms with Gasteiger partial charge in [-0.05, 0) is 23.3 Å². The fraction of sp³-hybridized carbons (Fsp3) is 0.0909. The molecule has 0 bridgehead atoms. The van der Waals surface area contributed by atoms with Crippen molar-refractivity contribution in [1.82, 2.24) is 0 Å². The third kappa shape index (κ3) is 1.64. The van der Waals surface area contributed by atoms with Crippen LogP contribution in [-0.4, -0.2) is 4.89 Å². The minimum Gasteiger partial charge on any atom is -0.356 e. The van der Waals surface area contributed by atoms with Gasteiger partial charge in [0.1, 0.15) is 0 Å². The summed E-state index contributed by atoms with van der Waals surface area (Å²) < 4.78 is 0. The Hall–Kier alpha value is -0.620. The van der Waals surface area contributed by atoms with Gasteiger partial charge in [0.2, 0.25) is 0 Å². The maximum Gasteiger partial charge on any atom is 0.155 e. The van der Waals surface area contributed by atoms with E-state index in [1.54, 1.807) is 0 Å². The third-order valence-electron chi connectivity index (χ3n) is 2.32. The van der Waals surface area contributed by atoms with E-state index in [2.05, 4.69) is 6.92 Å². The third-order valence-corrected chi connectivity index (χ3v) is 3.65. The Morgan fingerprint density at radius 2 is 1.71 bits per heavy atom. The SMILES string of the molecule is Cc1ccc(P(O)Cl)c2ccccc12. The minimum absolute atomic E-state index is 0.836. The molecule has 3 heteroatoms. The molecule has 0 saturated carbocycles. The summed E-state index contributed by atoms with van der Waals surface area (Å²) in [5.74, 6) is 0. The zero-order chi connectivity index (χ0) is 10.1. The van der Waals surface area contributed by atoms with Gasteiger partial charge in [0.05, 0.1) is 0 Å². The zero-order valence-electron chi connectivity index (χ0n) is 7.74. The molecular formula is C11H10ClOP. The quantitative estimate of drug-likeness (QED) is 0.737. The lowest BCUT2D eigenvalue weighted by molar-refractivity contribution is 0.650. The van der Waals surface area contributed by atoms with Crippen LogP contribution in [-0.2, 0) is 0 Å². The van der Waals surface area contributed by atoms with E-state index in [1.807, 2.05) is 36.4 Å². The molecule has 72 valence electrons. The van der Waals surface area contributed by atoms with Crippen LogP contribution in [0.2, 0.25) is 0 Å². The van der Waals surface area contributed by atoms with Crippen molar-refractivity contribution in [2.75, 3.05) is 0 Å². The summed E-state index contributed by atoms with van der Waals surface area (Å²) in [5.41, 5.74) is 1.21. The number of benzene rings is 2. The topological polar surface area (TPSA) is 20.2 Å². The Morgan fingerprint density at radius 1 is 1.07 bits per heavy atom. The molecular weight excluding hydrogens is 215 g/mol. The van der Waals surface area contributed by atoms with Crippen molar-refractivity contribution in [3.05, 3.63) is 42.0 Å². The average molecular weight is 225 g/mol. The fourth-order valence-corrected chi connectivity index (χ4v) is 2.63. The molecule has 14 heavy (non-hydrogen) atoms. The lowest BCUT2D eigenvalue weighted by atomic mass is 10.1. The van der Waals surface area contributed by atoms with Crippen LogP contribution in [0.25, 0.3) is 10.8 Å². The van der Waals surface area contributed by atoms with Crippen molar-refractivity contribution in [3.63, 3.8) is 0 Å². The Balaban J connectivity index is 2.82. The summed E-state index contributed by atoms with van der Waals surface area (Å²) in [6.45, 7) is 2.06. The van der Waals surface area contributed by atoms with Crippen LogP contribution < -0.4 is 5.30 Å². The summed E-state index contributed by atoms with van der Waals surface area (Å²) >= 11 is 5.75. The van der Waals surface area contributed by atoms with E-state index >= 15 is 0 Å². The summed E-state index contributed by atoms with van der Waals surface area (Å²) in [5, 5.41) is 3.05. The Bertz CT molecular complexity index is 468. The van der Waals surface area contributed by atoms with Gasteiger partial charge in [0.15, 0.2) is 7.50 Å². The maximum atomic E-state index is 9.44. The zero-order valence-corrected chi connectivity index (χ0v) is 9.39. The van der Waals surface area contributed by atoms with Crippen molar-refractivity contribution in [1.29, 1.82) is 0 Å². The van der Waals surface area contributed by atoms with E-state index < -0.39 is 7.50 Å². The standard InChI is InChI=1S/C11H10ClOP/c1-8-6-7-11(14(12)13)10-5-3-2-4-9(8)10/h2-7,13H,1H3. The van der Waals surface area contributed by atoms with E-state index in [1.165, 1.54) is 5.56 Å². The monoisotopic (exact) mass is 224 g/mol. The summed E-state index contributed by atoms with van der Waals surface area (Å²) in [4.78, 5) is 9.44. The van der Waals surface area contributed by atoms with E-state index in [0.29, 0.717) is 0 Å². The van der Waals surface area contributed by atoms with Gasteiger partial charge in [-0.15, -0.1) is 0 Å². The molecule has 1 N–H and O–H groups in total. The van der Waals surface area contributed by atoms with Gasteiger partial charge in [0.25, 0.3) is 0 Å². The molecule has 0 amide bonds. The molecule has 0 heterocycles. The van der Waals surface area contributed by atoms with Gasteiger partial charge < -0.3 is 4.89 Å². The summed E-state index contributed by atoms with van der Waals surface area (Å²) in [6, 6.07) is 11.9. The molecule has 0 aromatic heterocycles. The Morgan fingerprint density at radius 3 is 2.36 bits per heavy atom. The van der Waals surface area contributed by atoms with Gasteiger partial charge in [-0.2, -0.15) is 0 Å². The number of fused-ring (bicyclic) bond motifs is 1. The number of halogens is 1. The maximum absolute atomic E-state index is 9.44. The molecule has 0 spiro atoms. The second-order valence-corrected chi connectivity index (χ2v) is 5.17. The first-order chi connectivity index (χ1) is 6.70. The highest BCUT2D eigenvalue weighted by molar-refractivity contribution is 7.85. The van der Waals surface area contributed by atoms with Crippen molar-refractivity contribution in [3.8, 4) is 0 Å². The normalized spacial score (nSPS) is 13.1. The Labute approximate surface area is 89.0 Å². The number of aryl methyl sites for hydroxylation is 1. The average Bonchev–Trinajstić information content (AvgIpc) is 2.18. The van der Waals surface area contributed by atoms with E-state index in [9.17, 15) is 4.89 Å². The van der Waals surface area contributed by atoms with Gasteiger partial charge in [0, 0.05) is 5.30 Å². The molecule has 2 rings (SSSR count). The highest BCUT2D eigenvalue weighted by Gasteiger charge is 2.08. The first kappa shape index (κ1) is 9.92. The van der Waals surface area contributed by atoms with Crippen molar-refractivity contribution in [2.24, 2.45) is 0 Å². The molecule has 0 radical (unpaired) electrons. The smallest absolute Gasteiger partial charge is 0.155 e. The van der Waals surface area contributed by atoms with Crippen LogP contribution >= 0.6 is 18.7 Å². The van der Waals surface area contributed by atoms with Gasteiger partial charge in [-0.25, -0.2) is 0 Å². The molecule has 0 aliphatic rings. The van der Waals surface area contributed by atoms with Gasteiger partial charge in [-0.1, -0.05) is 47.6 Å². The first-order valence-corrected chi connectivity index (χ1v) is 6.53. The predicted octanol–water partition coefficient (Wildman–Crippen LogP) is 3.32. The molecule has 1 atom stereocenters. The van der Waals surface area contributed by atoms with Crippen molar-refractivity contribution < 1.29 is 4.89 Å². The molecule has 0 aliphatic heterocycles. The van der Waals surface area contributed by atoms with Gasteiger partial charge in [-0.3, -0.25) is 0 Å². The van der Waals surface area contributed by atoms with E-state index in [-0.39, 0.29) is 0 Å². The Kier molecular flexibility index (Phi) is 2.73. The largest absolute Gasteiger partial charge is 0.356 e. The molecule has 2 aromatic rings. The molecule has 0 fully saturated rings. The number of hydrogen-bond acceptors (Lipinski definition) is 1. The molecule has 1 unspecified atom stereocenters. The van der Waals surface area contributed by atoms with Crippen LogP contribution in [0.1, 0.15) is 5.56 Å². The predicted molar refractivity (Wildman–Crippen MR) is 63.3 cm³/mol. The van der Waals surface area contributed by atoms with E-state index in [0.717, 1.165) is 16.1 Å². The fourth-order valence-electron chi connectivity index (χ4n) is 1.59. The lowest BCUT2D eigenvalue weighted by Crippen LogP contribution is -1.99. The number of hydrogen-bond donors (Lipinski definition) is 1. The van der Waals surface area contributed by atoms with E-state index in [4.69, 9.17) is 11.2 Å². The highest BCUT2D eigenvalue weighted by atomic mass is 35.7. The van der Waals surface area contributed by atoms with Crippen LogP contribution in [0.3, 0.4) is 0 Å². The summed E-state index contributed by atoms with van der Waals surface area (Å²) in [6.07, 6.45) is 0. The second-order valence-electron chi connectivity index (χ2n) is 3.21. The molecule has 2 aromatic carbocycles.